The number of carbonyl (C=O) groups is 2. The molecule has 0 spiro atoms. The molecule has 120 valence electrons. The van der Waals surface area contributed by atoms with Gasteiger partial charge in [0.05, 0.1) is 0 Å². The van der Waals surface area contributed by atoms with E-state index in [4.69, 9.17) is 0 Å². The summed E-state index contributed by atoms with van der Waals surface area (Å²) in [4.78, 5) is 33.9. The van der Waals surface area contributed by atoms with Gasteiger partial charge in [0.2, 0.25) is 5.95 Å². The summed E-state index contributed by atoms with van der Waals surface area (Å²) in [6.45, 7) is 5.60. The Hall–Kier alpha value is -2.18. The standard InChI is InChI=1S/C15H22N4O3/c1-10(2)9-12(14(21)22)17-13(20)11-5-6-16-15(18-11)19-7-3-4-8-19/h5-6,10,12H,3-4,7-9H2,1-2H3,(H,17,20)(H,21,22)/t12-/m1/s1. The summed E-state index contributed by atoms with van der Waals surface area (Å²) in [6.07, 6.45) is 4.10. The van der Waals surface area contributed by atoms with Gasteiger partial charge >= 0.3 is 5.97 Å². The van der Waals surface area contributed by atoms with Crippen LogP contribution in [0.2, 0.25) is 0 Å². The molecule has 0 unspecified atom stereocenters. The van der Waals surface area contributed by atoms with Gasteiger partial charge in [0.15, 0.2) is 0 Å². The van der Waals surface area contributed by atoms with Gasteiger partial charge in [0.1, 0.15) is 11.7 Å². The van der Waals surface area contributed by atoms with Crippen molar-refractivity contribution in [2.45, 2.75) is 39.2 Å². The van der Waals surface area contributed by atoms with Crippen LogP contribution in [-0.2, 0) is 4.79 Å². The van der Waals surface area contributed by atoms with Crippen LogP contribution in [0.3, 0.4) is 0 Å². The number of hydrogen-bond donors (Lipinski definition) is 2. The minimum Gasteiger partial charge on any atom is -0.480 e. The molecule has 22 heavy (non-hydrogen) atoms. The second-order valence-corrected chi connectivity index (χ2v) is 5.93. The van der Waals surface area contributed by atoms with Crippen molar-refractivity contribution >= 4 is 17.8 Å². The molecule has 1 amide bonds. The summed E-state index contributed by atoms with van der Waals surface area (Å²) >= 11 is 0. The van der Waals surface area contributed by atoms with Crippen molar-refractivity contribution < 1.29 is 14.7 Å². The van der Waals surface area contributed by atoms with E-state index in [-0.39, 0.29) is 11.6 Å². The maximum Gasteiger partial charge on any atom is 0.326 e. The largest absolute Gasteiger partial charge is 0.480 e. The summed E-state index contributed by atoms with van der Waals surface area (Å²) < 4.78 is 0. The zero-order valence-corrected chi connectivity index (χ0v) is 13.0. The lowest BCUT2D eigenvalue weighted by molar-refractivity contribution is -0.139. The third-order valence-electron chi connectivity index (χ3n) is 3.57. The maximum atomic E-state index is 12.2. The van der Waals surface area contributed by atoms with Gasteiger partial charge in [-0.1, -0.05) is 13.8 Å². The highest BCUT2D eigenvalue weighted by Gasteiger charge is 2.23. The molecule has 2 rings (SSSR count). The molecule has 2 heterocycles. The summed E-state index contributed by atoms with van der Waals surface area (Å²) in [6, 6.07) is 0.598. The van der Waals surface area contributed by atoms with Gasteiger partial charge in [-0.15, -0.1) is 0 Å². The zero-order chi connectivity index (χ0) is 16.1. The first-order valence-electron chi connectivity index (χ1n) is 7.59. The van der Waals surface area contributed by atoms with Crippen molar-refractivity contribution in [1.29, 1.82) is 0 Å². The van der Waals surface area contributed by atoms with E-state index in [1.54, 1.807) is 0 Å². The molecule has 1 aliphatic rings. The monoisotopic (exact) mass is 306 g/mol. The molecular weight excluding hydrogens is 284 g/mol. The number of nitrogens with one attached hydrogen (secondary N) is 1. The molecule has 0 saturated carbocycles. The average Bonchev–Trinajstić information content (AvgIpc) is 3.00. The van der Waals surface area contributed by atoms with Crippen molar-refractivity contribution in [2.75, 3.05) is 18.0 Å². The molecule has 1 aliphatic heterocycles. The van der Waals surface area contributed by atoms with Crippen molar-refractivity contribution in [1.82, 2.24) is 15.3 Å². The highest BCUT2D eigenvalue weighted by molar-refractivity contribution is 5.95. The number of carboxylic acids is 1. The average molecular weight is 306 g/mol. The molecule has 1 aromatic heterocycles. The van der Waals surface area contributed by atoms with Crippen LogP contribution in [0, 0.1) is 5.92 Å². The highest BCUT2D eigenvalue weighted by atomic mass is 16.4. The minimum absolute atomic E-state index is 0.173. The first-order valence-corrected chi connectivity index (χ1v) is 7.59. The van der Waals surface area contributed by atoms with Gasteiger partial charge in [-0.2, -0.15) is 0 Å². The van der Waals surface area contributed by atoms with E-state index < -0.39 is 17.9 Å². The summed E-state index contributed by atoms with van der Waals surface area (Å²) in [7, 11) is 0. The molecule has 0 radical (unpaired) electrons. The van der Waals surface area contributed by atoms with E-state index in [9.17, 15) is 14.7 Å². The molecule has 7 nitrogen and oxygen atoms in total. The number of nitrogens with zero attached hydrogens (tertiary/aromatic N) is 3. The van der Waals surface area contributed by atoms with Gasteiger partial charge < -0.3 is 15.3 Å². The maximum absolute atomic E-state index is 12.2. The van der Waals surface area contributed by atoms with Gasteiger partial charge in [0.25, 0.3) is 5.91 Å². The molecule has 0 aromatic carbocycles. The molecule has 1 atom stereocenters. The Morgan fingerprint density at radius 1 is 1.36 bits per heavy atom. The van der Waals surface area contributed by atoms with Gasteiger partial charge in [-0.3, -0.25) is 4.79 Å². The first-order chi connectivity index (χ1) is 10.5. The summed E-state index contributed by atoms with van der Waals surface area (Å²) in [5.74, 6) is -0.806. The predicted molar refractivity (Wildman–Crippen MR) is 81.8 cm³/mol. The lowest BCUT2D eigenvalue weighted by Crippen LogP contribution is -2.42. The Morgan fingerprint density at radius 3 is 2.64 bits per heavy atom. The van der Waals surface area contributed by atoms with Crippen LogP contribution in [0.5, 0.6) is 0 Å². The van der Waals surface area contributed by atoms with E-state index in [0.29, 0.717) is 12.4 Å². The number of hydrogen-bond acceptors (Lipinski definition) is 5. The third kappa shape index (κ3) is 4.16. The van der Waals surface area contributed by atoms with Crippen LogP contribution >= 0.6 is 0 Å². The number of rotatable bonds is 6. The van der Waals surface area contributed by atoms with Crippen LogP contribution in [0.15, 0.2) is 12.3 Å². The molecule has 7 heteroatoms. The normalized spacial score (nSPS) is 15.9. The summed E-state index contributed by atoms with van der Waals surface area (Å²) in [5, 5.41) is 11.7. The fraction of sp³-hybridized carbons (Fsp3) is 0.600. The van der Waals surface area contributed by atoms with Crippen molar-refractivity contribution in [3.8, 4) is 0 Å². The van der Waals surface area contributed by atoms with Crippen LogP contribution in [0.4, 0.5) is 5.95 Å². The van der Waals surface area contributed by atoms with Gasteiger partial charge in [-0.25, -0.2) is 14.8 Å². The number of carbonyl (C=O) groups excluding carboxylic acids is 1. The Morgan fingerprint density at radius 2 is 2.05 bits per heavy atom. The molecule has 1 aromatic rings. The van der Waals surface area contributed by atoms with E-state index >= 15 is 0 Å². The molecular formula is C15H22N4O3. The number of amides is 1. The van der Waals surface area contributed by atoms with Crippen LogP contribution in [0.1, 0.15) is 43.6 Å². The number of anilines is 1. The Bertz CT molecular complexity index is 541. The fourth-order valence-corrected chi connectivity index (χ4v) is 2.47. The van der Waals surface area contributed by atoms with Crippen LogP contribution in [-0.4, -0.2) is 46.1 Å². The minimum atomic E-state index is -1.03. The molecule has 0 bridgehead atoms. The molecule has 2 N–H and O–H groups in total. The van der Waals surface area contributed by atoms with Crippen molar-refractivity contribution in [3.63, 3.8) is 0 Å². The van der Waals surface area contributed by atoms with E-state index in [1.165, 1.54) is 12.3 Å². The number of aliphatic carboxylic acids is 1. The molecule has 1 fully saturated rings. The van der Waals surface area contributed by atoms with Gasteiger partial charge in [-0.05, 0) is 31.2 Å². The quantitative estimate of drug-likeness (QED) is 0.822. The summed E-state index contributed by atoms with van der Waals surface area (Å²) in [5.41, 5.74) is 0.201. The van der Waals surface area contributed by atoms with E-state index in [0.717, 1.165) is 25.9 Å². The second kappa shape index (κ2) is 7.20. The van der Waals surface area contributed by atoms with Crippen LogP contribution in [0.25, 0.3) is 0 Å². The number of aromatic nitrogens is 2. The zero-order valence-electron chi connectivity index (χ0n) is 13.0. The second-order valence-electron chi connectivity index (χ2n) is 5.93. The van der Waals surface area contributed by atoms with E-state index in [2.05, 4.69) is 15.3 Å². The van der Waals surface area contributed by atoms with Crippen LogP contribution < -0.4 is 10.2 Å². The lowest BCUT2D eigenvalue weighted by Gasteiger charge is -2.17. The fourth-order valence-electron chi connectivity index (χ4n) is 2.47. The Labute approximate surface area is 129 Å². The third-order valence-corrected chi connectivity index (χ3v) is 3.57. The van der Waals surface area contributed by atoms with Crippen molar-refractivity contribution in [3.05, 3.63) is 18.0 Å². The smallest absolute Gasteiger partial charge is 0.326 e. The predicted octanol–water partition coefficient (Wildman–Crippen LogP) is 1.31. The highest BCUT2D eigenvalue weighted by Crippen LogP contribution is 2.15. The first kappa shape index (κ1) is 16.2. The Balaban J connectivity index is 2.08. The number of carboxylic acid groups (broad SMARTS) is 1. The lowest BCUT2D eigenvalue weighted by atomic mass is 10.0. The molecule has 1 saturated heterocycles. The topological polar surface area (TPSA) is 95.4 Å². The SMILES string of the molecule is CC(C)C[C@@H](NC(=O)c1ccnc(N2CCCC2)n1)C(=O)O. The van der Waals surface area contributed by atoms with Crippen molar-refractivity contribution in [2.24, 2.45) is 5.92 Å². The van der Waals surface area contributed by atoms with E-state index in [1.807, 2.05) is 18.7 Å². The van der Waals surface area contributed by atoms with Gasteiger partial charge in [0, 0.05) is 19.3 Å². The Kier molecular flexibility index (Phi) is 5.30. The molecule has 0 aliphatic carbocycles.